The molecule has 324 valence electrons. The first-order valence-electron chi connectivity index (χ1n) is 23.8. The predicted octanol–water partition coefficient (Wildman–Crippen LogP) is 17.6. The van der Waals surface area contributed by atoms with Gasteiger partial charge in [-0.05, 0) is 133 Å². The molecule has 1 aromatic heterocycles. The van der Waals surface area contributed by atoms with Crippen molar-refractivity contribution in [1.82, 2.24) is 4.57 Å². The van der Waals surface area contributed by atoms with Gasteiger partial charge in [0.1, 0.15) is 0 Å². The van der Waals surface area contributed by atoms with Crippen molar-refractivity contribution in [2.45, 2.75) is 5.41 Å². The van der Waals surface area contributed by atoms with Gasteiger partial charge in [-0.2, -0.15) is 0 Å². The molecule has 2 nitrogen and oxygen atoms in total. The first-order valence-corrected chi connectivity index (χ1v) is 23.8. The van der Waals surface area contributed by atoms with Crippen LogP contribution >= 0.6 is 0 Å². The molecule has 1 aliphatic rings. The molecule has 0 fully saturated rings. The van der Waals surface area contributed by atoms with E-state index in [1.54, 1.807) is 0 Å². The van der Waals surface area contributed by atoms with Gasteiger partial charge < -0.3 is 9.47 Å². The van der Waals surface area contributed by atoms with Crippen LogP contribution in [0.3, 0.4) is 0 Å². The lowest BCUT2D eigenvalue weighted by Gasteiger charge is -2.34. The SMILES string of the molecule is c1ccc(-c2ccc(N(c3ccccc3)c3ccc(-c4ccc(-c5ccc6c(c5)c5ccccc5n6-c5ccc6c(c5)C(c5ccccc5)(c5ccccc5)c5ccccc5-6)cc4)cc3)cc2)cc1. The van der Waals surface area contributed by atoms with Crippen LogP contribution in [0.5, 0.6) is 0 Å². The maximum absolute atomic E-state index is 2.46. The Morgan fingerprint density at radius 3 is 1.33 bits per heavy atom. The molecule has 13 rings (SSSR count). The summed E-state index contributed by atoms with van der Waals surface area (Å²) >= 11 is 0. The van der Waals surface area contributed by atoms with Crippen LogP contribution in [0.25, 0.3) is 72.0 Å². The Morgan fingerprint density at radius 1 is 0.275 bits per heavy atom. The molecule has 0 unspecified atom stereocenters. The Hall–Kier alpha value is -8.98. The normalized spacial score (nSPS) is 12.5. The van der Waals surface area contributed by atoms with Gasteiger partial charge in [-0.25, -0.2) is 0 Å². The molecule has 0 saturated heterocycles. The predicted molar refractivity (Wildman–Crippen MR) is 289 cm³/mol. The number of rotatable bonds is 9. The fourth-order valence-electron chi connectivity index (χ4n) is 11.1. The second kappa shape index (κ2) is 16.7. The maximum Gasteiger partial charge on any atom is 0.0714 e. The summed E-state index contributed by atoms with van der Waals surface area (Å²) in [5, 5.41) is 2.48. The van der Waals surface area contributed by atoms with Crippen LogP contribution in [-0.4, -0.2) is 4.57 Å². The zero-order valence-corrected chi connectivity index (χ0v) is 38.0. The summed E-state index contributed by atoms with van der Waals surface area (Å²) in [6.45, 7) is 0. The maximum atomic E-state index is 2.46. The second-order valence-corrected chi connectivity index (χ2v) is 18.1. The summed E-state index contributed by atoms with van der Waals surface area (Å²) in [5.41, 5.74) is 21.3. The molecule has 11 aromatic carbocycles. The Balaban J connectivity index is 0.845. The largest absolute Gasteiger partial charge is 0.311 e. The average Bonchev–Trinajstić information content (AvgIpc) is 3.92. The molecular weight excluding hydrogens is 833 g/mol. The van der Waals surface area contributed by atoms with Gasteiger partial charge in [0.15, 0.2) is 0 Å². The highest BCUT2D eigenvalue weighted by molar-refractivity contribution is 6.10. The van der Waals surface area contributed by atoms with E-state index < -0.39 is 5.41 Å². The zero-order valence-electron chi connectivity index (χ0n) is 38.0. The van der Waals surface area contributed by atoms with Gasteiger partial charge >= 0.3 is 0 Å². The van der Waals surface area contributed by atoms with Gasteiger partial charge in [0.05, 0.1) is 16.4 Å². The van der Waals surface area contributed by atoms with Crippen molar-refractivity contribution in [2.24, 2.45) is 0 Å². The van der Waals surface area contributed by atoms with E-state index >= 15 is 0 Å². The lowest BCUT2D eigenvalue weighted by atomic mass is 9.67. The minimum atomic E-state index is -0.469. The summed E-state index contributed by atoms with van der Waals surface area (Å²) in [6.07, 6.45) is 0. The van der Waals surface area contributed by atoms with Gasteiger partial charge in [-0.15, -0.1) is 0 Å². The number of benzene rings is 11. The van der Waals surface area contributed by atoms with E-state index in [4.69, 9.17) is 0 Å². The summed E-state index contributed by atoms with van der Waals surface area (Å²) in [7, 11) is 0. The number of anilines is 3. The molecule has 0 saturated carbocycles. The summed E-state index contributed by atoms with van der Waals surface area (Å²) < 4.78 is 2.46. The van der Waals surface area contributed by atoms with E-state index in [0.29, 0.717) is 0 Å². The summed E-state index contributed by atoms with van der Waals surface area (Å²) in [4.78, 5) is 2.32. The molecule has 0 atom stereocenters. The molecular formula is C67H46N2. The molecule has 0 amide bonds. The van der Waals surface area contributed by atoms with Gasteiger partial charge in [0, 0.05) is 33.5 Å². The van der Waals surface area contributed by atoms with E-state index in [1.807, 2.05) is 0 Å². The van der Waals surface area contributed by atoms with Crippen molar-refractivity contribution >= 4 is 38.9 Å². The minimum absolute atomic E-state index is 0.469. The van der Waals surface area contributed by atoms with Crippen molar-refractivity contribution in [3.05, 3.63) is 301 Å². The summed E-state index contributed by atoms with van der Waals surface area (Å²) in [6, 6.07) is 102. The van der Waals surface area contributed by atoms with E-state index in [1.165, 1.54) is 88.6 Å². The highest BCUT2D eigenvalue weighted by atomic mass is 15.1. The monoisotopic (exact) mass is 878 g/mol. The van der Waals surface area contributed by atoms with Crippen molar-refractivity contribution in [3.63, 3.8) is 0 Å². The third kappa shape index (κ3) is 6.72. The zero-order chi connectivity index (χ0) is 45.7. The standard InChI is InChI=1S/C67H46N2/c1-5-17-47(18-6-1)49-33-38-56(39-34-49)68(55-23-11-4-12-24-55)57-40-35-50(36-41-57)48-29-31-51(32-30-48)52-37-44-66-62(45-52)61-26-14-16-28-65(61)69(66)58-42-43-60-59-25-13-15-27-63(59)67(64(60)46-58,53-19-7-2-8-20-53)54-21-9-3-10-22-54/h1-46H. The Kier molecular flexibility index (Phi) is 9.77. The lowest BCUT2D eigenvalue weighted by Crippen LogP contribution is -2.28. The third-order valence-electron chi connectivity index (χ3n) is 14.3. The molecule has 0 bridgehead atoms. The second-order valence-electron chi connectivity index (χ2n) is 18.1. The van der Waals surface area contributed by atoms with E-state index in [9.17, 15) is 0 Å². The lowest BCUT2D eigenvalue weighted by molar-refractivity contribution is 0.767. The van der Waals surface area contributed by atoms with E-state index in [-0.39, 0.29) is 0 Å². The van der Waals surface area contributed by atoms with Gasteiger partial charge in [-0.3, -0.25) is 0 Å². The molecule has 69 heavy (non-hydrogen) atoms. The number of fused-ring (bicyclic) bond motifs is 6. The molecule has 2 heteroatoms. The molecule has 1 aliphatic carbocycles. The third-order valence-corrected chi connectivity index (χ3v) is 14.3. The fraction of sp³-hybridized carbons (Fsp3) is 0.0149. The van der Waals surface area contributed by atoms with Gasteiger partial charge in [0.25, 0.3) is 0 Å². The molecule has 0 N–H and O–H groups in total. The topological polar surface area (TPSA) is 8.17 Å². The van der Waals surface area contributed by atoms with E-state index in [2.05, 4.69) is 289 Å². The van der Waals surface area contributed by atoms with Crippen LogP contribution in [0.2, 0.25) is 0 Å². The number of hydrogen-bond donors (Lipinski definition) is 0. The van der Waals surface area contributed by atoms with E-state index in [0.717, 1.165) is 22.7 Å². The molecule has 12 aromatic rings. The summed E-state index contributed by atoms with van der Waals surface area (Å²) in [5.74, 6) is 0. The number of para-hydroxylation sites is 2. The van der Waals surface area contributed by atoms with Crippen LogP contribution in [0.15, 0.2) is 279 Å². The molecule has 0 radical (unpaired) electrons. The first kappa shape index (κ1) is 40.3. The number of nitrogens with zero attached hydrogens (tertiary/aromatic N) is 2. The molecule has 1 heterocycles. The van der Waals surface area contributed by atoms with Crippen LogP contribution in [0, 0.1) is 0 Å². The van der Waals surface area contributed by atoms with Crippen molar-refractivity contribution in [3.8, 4) is 50.2 Å². The highest BCUT2D eigenvalue weighted by Crippen LogP contribution is 2.56. The smallest absolute Gasteiger partial charge is 0.0714 e. The van der Waals surface area contributed by atoms with Crippen molar-refractivity contribution in [1.29, 1.82) is 0 Å². The van der Waals surface area contributed by atoms with Crippen LogP contribution in [0.4, 0.5) is 17.1 Å². The Bertz CT molecular complexity index is 3740. The Morgan fingerprint density at radius 2 is 0.710 bits per heavy atom. The Labute approximate surface area is 403 Å². The number of aromatic nitrogens is 1. The highest BCUT2D eigenvalue weighted by Gasteiger charge is 2.46. The number of hydrogen-bond acceptors (Lipinski definition) is 1. The average molecular weight is 879 g/mol. The first-order chi connectivity index (χ1) is 34.2. The van der Waals surface area contributed by atoms with Crippen molar-refractivity contribution < 1.29 is 0 Å². The molecule has 0 spiro atoms. The van der Waals surface area contributed by atoms with Gasteiger partial charge in [0.2, 0.25) is 0 Å². The fourth-order valence-corrected chi connectivity index (χ4v) is 11.1. The molecule has 0 aliphatic heterocycles. The quantitative estimate of drug-likeness (QED) is 0.140. The van der Waals surface area contributed by atoms with Crippen LogP contribution in [-0.2, 0) is 5.41 Å². The van der Waals surface area contributed by atoms with Crippen LogP contribution in [0.1, 0.15) is 22.3 Å². The van der Waals surface area contributed by atoms with Crippen LogP contribution < -0.4 is 4.90 Å². The minimum Gasteiger partial charge on any atom is -0.311 e. The van der Waals surface area contributed by atoms with Gasteiger partial charge in [-0.1, -0.05) is 212 Å². The van der Waals surface area contributed by atoms with Crippen molar-refractivity contribution in [2.75, 3.05) is 4.90 Å².